The zero-order valence-corrected chi connectivity index (χ0v) is 18.7. The first-order chi connectivity index (χ1) is 14.6. The second-order valence-corrected chi connectivity index (χ2v) is 9.78. The van der Waals surface area contributed by atoms with Gasteiger partial charge in [-0.2, -0.15) is 0 Å². The molecule has 7 heteroatoms. The molecule has 30 heavy (non-hydrogen) atoms. The van der Waals surface area contributed by atoms with Gasteiger partial charge in [-0.3, -0.25) is 4.90 Å². The maximum Gasteiger partial charge on any atom is 0.186 e. The molecule has 0 saturated carbocycles. The molecule has 0 radical (unpaired) electrons. The lowest BCUT2D eigenvalue weighted by Gasteiger charge is -2.44. The lowest BCUT2D eigenvalue weighted by molar-refractivity contribution is 0.123. The van der Waals surface area contributed by atoms with Crippen LogP contribution in [0.2, 0.25) is 0 Å². The van der Waals surface area contributed by atoms with Crippen LogP contribution in [-0.2, 0) is 6.54 Å². The van der Waals surface area contributed by atoms with Gasteiger partial charge in [0.1, 0.15) is 10.8 Å². The van der Waals surface area contributed by atoms with Gasteiger partial charge in [0, 0.05) is 48.9 Å². The molecule has 154 valence electrons. The number of phenols is 1. The van der Waals surface area contributed by atoms with Gasteiger partial charge in [0.05, 0.1) is 10.2 Å². The summed E-state index contributed by atoms with van der Waals surface area (Å²) in [6, 6.07) is 15.2. The summed E-state index contributed by atoms with van der Waals surface area (Å²) in [6.07, 6.45) is 1.81. The zero-order valence-electron chi connectivity index (χ0n) is 17.0. The summed E-state index contributed by atoms with van der Waals surface area (Å²) < 4.78 is 0.838. The van der Waals surface area contributed by atoms with Gasteiger partial charge >= 0.3 is 0 Å². The van der Waals surface area contributed by atoms with Crippen LogP contribution in [0.5, 0.6) is 5.75 Å². The van der Waals surface area contributed by atoms with Gasteiger partial charge in [-0.05, 0) is 31.5 Å². The predicted molar refractivity (Wildman–Crippen MR) is 126 cm³/mol. The Morgan fingerprint density at radius 1 is 1.07 bits per heavy atom. The van der Waals surface area contributed by atoms with Crippen LogP contribution in [0.15, 0.2) is 54.0 Å². The summed E-state index contributed by atoms with van der Waals surface area (Å²) >= 11 is 3.17. The predicted octanol–water partition coefficient (Wildman–Crippen LogP) is 5.22. The summed E-state index contributed by atoms with van der Waals surface area (Å²) in [4.78, 5) is 14.3. The summed E-state index contributed by atoms with van der Waals surface area (Å²) in [7, 11) is 0. The molecule has 2 aromatic carbocycles. The van der Waals surface area contributed by atoms with Crippen molar-refractivity contribution in [3.8, 4) is 16.3 Å². The molecule has 5 nitrogen and oxygen atoms in total. The average molecular weight is 437 g/mol. The first-order valence-electron chi connectivity index (χ1n) is 10.2. The van der Waals surface area contributed by atoms with Crippen LogP contribution in [0, 0.1) is 0 Å². The van der Waals surface area contributed by atoms with Crippen LogP contribution in [0.3, 0.4) is 0 Å². The number of anilines is 1. The Bertz CT molecular complexity index is 1130. The van der Waals surface area contributed by atoms with E-state index in [0.717, 1.165) is 45.6 Å². The van der Waals surface area contributed by atoms with Crippen molar-refractivity contribution in [3.63, 3.8) is 0 Å². The number of thiazole rings is 2. The Labute approximate surface area is 184 Å². The number of phenolic OH excluding ortho intramolecular Hbond substituents is 1. The number of rotatable bonds is 4. The zero-order chi connectivity index (χ0) is 20.7. The molecule has 1 fully saturated rings. The number of nitrogens with zero attached hydrogens (tertiary/aromatic N) is 4. The smallest absolute Gasteiger partial charge is 0.186 e. The first-order valence-corrected chi connectivity index (χ1v) is 11.9. The highest BCUT2D eigenvalue weighted by Gasteiger charge is 2.31. The minimum Gasteiger partial charge on any atom is -0.506 e. The van der Waals surface area contributed by atoms with Gasteiger partial charge < -0.3 is 10.0 Å². The Morgan fingerprint density at radius 3 is 2.53 bits per heavy atom. The third-order valence-corrected chi connectivity index (χ3v) is 7.70. The summed E-state index contributed by atoms with van der Waals surface area (Å²) in [5.41, 5.74) is 3.18. The molecule has 2 aromatic heterocycles. The normalized spacial score (nSPS) is 20.1. The Morgan fingerprint density at radius 2 is 1.83 bits per heavy atom. The quantitative estimate of drug-likeness (QED) is 0.475. The van der Waals surface area contributed by atoms with Crippen LogP contribution in [0.4, 0.5) is 5.13 Å². The third kappa shape index (κ3) is 3.57. The van der Waals surface area contributed by atoms with Crippen molar-refractivity contribution in [1.29, 1.82) is 0 Å². The molecule has 4 aromatic rings. The van der Waals surface area contributed by atoms with Gasteiger partial charge in [-0.25, -0.2) is 9.97 Å². The molecule has 0 amide bonds. The van der Waals surface area contributed by atoms with Gasteiger partial charge in [0.2, 0.25) is 0 Å². The maximum absolute atomic E-state index is 10.4. The molecule has 1 aliphatic heterocycles. The number of benzene rings is 2. The van der Waals surface area contributed by atoms with E-state index in [0.29, 0.717) is 12.1 Å². The van der Waals surface area contributed by atoms with Crippen molar-refractivity contribution in [1.82, 2.24) is 14.9 Å². The van der Waals surface area contributed by atoms with Crippen molar-refractivity contribution in [2.75, 3.05) is 18.0 Å². The van der Waals surface area contributed by atoms with E-state index in [-0.39, 0.29) is 5.75 Å². The second kappa shape index (κ2) is 7.98. The molecule has 0 bridgehead atoms. The average Bonchev–Trinajstić information content (AvgIpc) is 3.42. The Kier molecular flexibility index (Phi) is 5.18. The molecule has 0 spiro atoms. The Balaban J connectivity index is 1.42. The number of piperazine rings is 1. The second-order valence-electron chi connectivity index (χ2n) is 7.90. The minimum absolute atomic E-state index is 0.290. The minimum atomic E-state index is 0.290. The number of hydrogen-bond acceptors (Lipinski definition) is 7. The van der Waals surface area contributed by atoms with Crippen molar-refractivity contribution in [2.24, 2.45) is 0 Å². The van der Waals surface area contributed by atoms with Gasteiger partial charge in [-0.1, -0.05) is 41.7 Å². The summed E-state index contributed by atoms with van der Waals surface area (Å²) in [6.45, 7) is 7.38. The number of aromatic hydroxyl groups is 1. The third-order valence-electron chi connectivity index (χ3n) is 5.75. The lowest BCUT2D eigenvalue weighted by Crippen LogP contribution is -2.56. The van der Waals surface area contributed by atoms with Gasteiger partial charge in [-0.15, -0.1) is 11.3 Å². The van der Waals surface area contributed by atoms with Crippen LogP contribution >= 0.6 is 22.7 Å². The molecule has 3 heterocycles. The maximum atomic E-state index is 10.4. The van der Waals surface area contributed by atoms with E-state index in [2.05, 4.69) is 59.0 Å². The van der Waals surface area contributed by atoms with E-state index in [9.17, 15) is 5.11 Å². The fraction of sp³-hybridized carbons (Fsp3) is 0.304. The van der Waals surface area contributed by atoms with E-state index in [1.54, 1.807) is 34.9 Å². The number of aromatic nitrogens is 2. The fourth-order valence-electron chi connectivity index (χ4n) is 4.26. The standard InChI is InChI=1S/C23H24N4OS2/c1-15-12-26(13-16(2)27(15)14-17-6-4-3-5-7-17)23-25-20-18(22-24-10-11-29-22)8-9-19(28)21(20)30-23/h3-11,15-16,28H,12-14H2,1-2H3/t15-,16+. The molecular weight excluding hydrogens is 412 g/mol. The molecule has 1 N–H and O–H groups in total. The van der Waals surface area contributed by atoms with Crippen molar-refractivity contribution < 1.29 is 5.11 Å². The van der Waals surface area contributed by atoms with E-state index >= 15 is 0 Å². The largest absolute Gasteiger partial charge is 0.506 e. The van der Waals surface area contributed by atoms with E-state index in [1.165, 1.54) is 5.56 Å². The molecule has 1 aliphatic rings. The highest BCUT2D eigenvalue weighted by Crippen LogP contribution is 2.41. The summed E-state index contributed by atoms with van der Waals surface area (Å²) in [5.74, 6) is 0.290. The highest BCUT2D eigenvalue weighted by molar-refractivity contribution is 7.22. The topological polar surface area (TPSA) is 52.5 Å². The molecule has 1 saturated heterocycles. The van der Waals surface area contributed by atoms with Crippen LogP contribution in [-0.4, -0.2) is 45.1 Å². The first kappa shape index (κ1) is 19.5. The highest BCUT2D eigenvalue weighted by atomic mass is 32.1. The van der Waals surface area contributed by atoms with Crippen LogP contribution in [0.25, 0.3) is 20.8 Å². The van der Waals surface area contributed by atoms with E-state index in [4.69, 9.17) is 4.98 Å². The molecule has 0 aliphatic carbocycles. The molecule has 0 unspecified atom stereocenters. The van der Waals surface area contributed by atoms with Crippen molar-refractivity contribution >= 4 is 38.0 Å². The van der Waals surface area contributed by atoms with Gasteiger partial charge in [0.25, 0.3) is 0 Å². The number of hydrogen-bond donors (Lipinski definition) is 1. The van der Waals surface area contributed by atoms with E-state index < -0.39 is 0 Å². The van der Waals surface area contributed by atoms with Crippen molar-refractivity contribution in [2.45, 2.75) is 32.5 Å². The van der Waals surface area contributed by atoms with E-state index in [1.807, 2.05) is 11.4 Å². The fourth-order valence-corrected chi connectivity index (χ4v) is 5.95. The SMILES string of the molecule is C[C@@H]1CN(c2nc3c(-c4nccs4)ccc(O)c3s2)C[C@H](C)N1Cc1ccccc1. The molecule has 2 atom stereocenters. The molecule has 5 rings (SSSR count). The number of fused-ring (bicyclic) bond motifs is 1. The Hall–Kier alpha value is -2.48. The van der Waals surface area contributed by atoms with Crippen molar-refractivity contribution in [3.05, 3.63) is 59.6 Å². The van der Waals surface area contributed by atoms with Crippen LogP contribution < -0.4 is 4.90 Å². The van der Waals surface area contributed by atoms with Crippen LogP contribution in [0.1, 0.15) is 19.4 Å². The summed E-state index contributed by atoms with van der Waals surface area (Å²) in [5, 5.41) is 14.3. The lowest BCUT2D eigenvalue weighted by atomic mass is 10.1. The van der Waals surface area contributed by atoms with Gasteiger partial charge in [0.15, 0.2) is 5.13 Å². The molecular formula is C23H24N4OS2. The monoisotopic (exact) mass is 436 g/mol.